The molecule has 4 rings (SSSR count). The summed E-state index contributed by atoms with van der Waals surface area (Å²) in [6.45, 7) is 0.887. The molecule has 25 heavy (non-hydrogen) atoms. The molecule has 1 saturated carbocycles. The molecular formula is C18H20F3N3O. The molecule has 0 unspecified atom stereocenters. The van der Waals surface area contributed by atoms with Gasteiger partial charge in [0.25, 0.3) is 0 Å². The monoisotopic (exact) mass is 351 g/mol. The number of rotatable bonds is 3. The largest absolute Gasteiger partial charge is 0.573 e. The Morgan fingerprint density at radius 3 is 2.48 bits per heavy atom. The Labute approximate surface area is 144 Å². The van der Waals surface area contributed by atoms with Crippen LogP contribution in [0.4, 0.5) is 19.0 Å². The number of hydrogen-bond acceptors (Lipinski definition) is 3. The van der Waals surface area contributed by atoms with Gasteiger partial charge in [0.1, 0.15) is 11.6 Å². The Kier molecular flexibility index (Phi) is 4.09. The van der Waals surface area contributed by atoms with Crippen LogP contribution in [-0.4, -0.2) is 22.7 Å². The first-order chi connectivity index (χ1) is 12.0. The summed E-state index contributed by atoms with van der Waals surface area (Å²) in [7, 11) is 0. The fraction of sp³-hybridized carbons (Fsp3) is 0.500. The molecule has 2 aromatic rings. The van der Waals surface area contributed by atoms with Gasteiger partial charge >= 0.3 is 6.36 Å². The number of alkyl halides is 3. The van der Waals surface area contributed by atoms with Crippen molar-refractivity contribution in [2.24, 2.45) is 0 Å². The second-order valence-electron chi connectivity index (χ2n) is 6.68. The minimum atomic E-state index is -4.68. The maximum atomic E-state index is 12.3. The third-order valence-electron chi connectivity index (χ3n) is 4.97. The lowest BCUT2D eigenvalue weighted by molar-refractivity contribution is -0.274. The molecule has 1 aliphatic carbocycles. The van der Waals surface area contributed by atoms with Crippen molar-refractivity contribution in [2.75, 3.05) is 11.9 Å². The highest BCUT2D eigenvalue weighted by atomic mass is 19.4. The van der Waals surface area contributed by atoms with Gasteiger partial charge in [-0.25, -0.2) is 4.68 Å². The fourth-order valence-corrected chi connectivity index (χ4v) is 3.51. The van der Waals surface area contributed by atoms with Crippen molar-refractivity contribution in [1.29, 1.82) is 0 Å². The van der Waals surface area contributed by atoms with Crippen LogP contribution in [0, 0.1) is 0 Å². The van der Waals surface area contributed by atoms with Crippen molar-refractivity contribution in [1.82, 2.24) is 9.78 Å². The summed E-state index contributed by atoms with van der Waals surface area (Å²) in [4.78, 5) is 0. The minimum absolute atomic E-state index is 0.221. The van der Waals surface area contributed by atoms with Crippen LogP contribution in [0.2, 0.25) is 0 Å². The van der Waals surface area contributed by atoms with Gasteiger partial charge in [-0.3, -0.25) is 0 Å². The summed E-state index contributed by atoms with van der Waals surface area (Å²) in [5.74, 6) is 1.29. The van der Waals surface area contributed by atoms with Crippen LogP contribution in [0.1, 0.15) is 49.3 Å². The quantitative estimate of drug-likeness (QED) is 0.864. The summed E-state index contributed by atoms with van der Waals surface area (Å²) in [5.41, 5.74) is 3.18. The van der Waals surface area contributed by atoms with Crippen molar-refractivity contribution in [3.8, 4) is 11.4 Å². The lowest BCUT2D eigenvalue weighted by Gasteiger charge is -2.24. The zero-order valence-corrected chi connectivity index (χ0v) is 13.8. The number of nitrogens with zero attached hydrogens (tertiary/aromatic N) is 2. The molecule has 0 atom stereocenters. The van der Waals surface area contributed by atoms with Crippen LogP contribution in [-0.2, 0) is 6.42 Å². The van der Waals surface area contributed by atoms with Crippen LogP contribution < -0.4 is 10.1 Å². The first kappa shape index (κ1) is 16.3. The van der Waals surface area contributed by atoms with Gasteiger partial charge in [0, 0.05) is 18.0 Å². The normalized spacial score (nSPS) is 18.0. The van der Waals surface area contributed by atoms with Gasteiger partial charge in [-0.2, -0.15) is 5.10 Å². The Morgan fingerprint density at radius 2 is 1.84 bits per heavy atom. The van der Waals surface area contributed by atoms with Gasteiger partial charge in [0.15, 0.2) is 0 Å². The number of aromatic nitrogens is 2. The van der Waals surface area contributed by atoms with Crippen LogP contribution in [0.5, 0.6) is 5.75 Å². The fourth-order valence-electron chi connectivity index (χ4n) is 3.51. The molecule has 1 aromatic heterocycles. The molecule has 0 bridgehead atoms. The van der Waals surface area contributed by atoms with Crippen molar-refractivity contribution in [3.63, 3.8) is 0 Å². The Balaban J connectivity index is 1.68. The molecule has 0 amide bonds. The highest BCUT2D eigenvalue weighted by Gasteiger charge is 2.31. The van der Waals surface area contributed by atoms with Crippen LogP contribution in [0.15, 0.2) is 24.3 Å². The standard InChI is InChI=1S/C18H20F3N3O/c19-18(20,21)25-14-9-7-13(8-10-14)24-17-15(6-1-2-11-22-17)16(23-24)12-4-3-5-12/h7-10,12,22H,1-6,11H2. The summed E-state index contributed by atoms with van der Waals surface area (Å²) < 4.78 is 42.8. The highest BCUT2D eigenvalue weighted by Crippen LogP contribution is 2.41. The smallest absolute Gasteiger partial charge is 0.406 e. The van der Waals surface area contributed by atoms with E-state index >= 15 is 0 Å². The second-order valence-corrected chi connectivity index (χ2v) is 6.68. The predicted molar refractivity (Wildman–Crippen MR) is 88.3 cm³/mol. The molecule has 4 nitrogen and oxygen atoms in total. The number of hydrogen-bond donors (Lipinski definition) is 1. The molecule has 1 aliphatic heterocycles. The third kappa shape index (κ3) is 3.32. The molecule has 0 spiro atoms. The first-order valence-corrected chi connectivity index (χ1v) is 8.73. The van der Waals surface area contributed by atoms with Crippen LogP contribution in [0.25, 0.3) is 5.69 Å². The zero-order chi connectivity index (χ0) is 17.4. The van der Waals surface area contributed by atoms with Gasteiger partial charge in [-0.15, -0.1) is 13.2 Å². The number of halogens is 3. The third-order valence-corrected chi connectivity index (χ3v) is 4.97. The number of ether oxygens (including phenoxy) is 1. The number of anilines is 1. The highest BCUT2D eigenvalue weighted by molar-refractivity contribution is 5.55. The summed E-state index contributed by atoms with van der Waals surface area (Å²) in [6.07, 6.45) is 2.14. The van der Waals surface area contributed by atoms with E-state index in [2.05, 4.69) is 10.1 Å². The molecule has 0 radical (unpaired) electrons. The van der Waals surface area contributed by atoms with E-state index in [4.69, 9.17) is 5.10 Å². The lowest BCUT2D eigenvalue weighted by atomic mass is 9.81. The summed E-state index contributed by atoms with van der Waals surface area (Å²) >= 11 is 0. The van der Waals surface area contributed by atoms with E-state index in [-0.39, 0.29) is 5.75 Å². The number of fused-ring (bicyclic) bond motifs is 1. The van der Waals surface area contributed by atoms with E-state index < -0.39 is 6.36 Å². The van der Waals surface area contributed by atoms with E-state index in [9.17, 15) is 13.2 Å². The number of nitrogens with one attached hydrogen (secondary N) is 1. The minimum Gasteiger partial charge on any atom is -0.406 e. The van der Waals surface area contributed by atoms with E-state index in [1.807, 2.05) is 4.68 Å². The van der Waals surface area contributed by atoms with Gasteiger partial charge < -0.3 is 10.1 Å². The molecule has 2 aliphatic rings. The molecule has 2 heterocycles. The number of benzene rings is 1. The van der Waals surface area contributed by atoms with Crippen molar-refractivity contribution >= 4 is 5.82 Å². The molecule has 134 valence electrons. The zero-order valence-electron chi connectivity index (χ0n) is 13.8. The average Bonchev–Trinajstić information content (AvgIpc) is 2.68. The Bertz CT molecular complexity index is 748. The van der Waals surface area contributed by atoms with Crippen LogP contribution >= 0.6 is 0 Å². The molecule has 1 N–H and O–H groups in total. The van der Waals surface area contributed by atoms with E-state index in [1.165, 1.54) is 37.0 Å². The molecule has 7 heteroatoms. The maximum Gasteiger partial charge on any atom is 0.573 e. The molecule has 1 aromatic carbocycles. The van der Waals surface area contributed by atoms with Gasteiger partial charge in [0.2, 0.25) is 0 Å². The van der Waals surface area contributed by atoms with Crippen molar-refractivity contribution in [3.05, 3.63) is 35.5 Å². The SMILES string of the molecule is FC(F)(F)Oc1ccc(-n2nc(C3CCC3)c3c2NCCCC3)cc1. The molecule has 0 saturated heterocycles. The van der Waals surface area contributed by atoms with E-state index in [0.717, 1.165) is 43.0 Å². The van der Waals surface area contributed by atoms with Crippen molar-refractivity contribution in [2.45, 2.75) is 50.8 Å². The second kappa shape index (κ2) is 6.28. The van der Waals surface area contributed by atoms with Gasteiger partial charge in [-0.05, 0) is 56.4 Å². The summed E-state index contributed by atoms with van der Waals surface area (Å²) in [6, 6.07) is 5.89. The average molecular weight is 351 g/mol. The van der Waals surface area contributed by atoms with Gasteiger partial charge in [-0.1, -0.05) is 6.42 Å². The molecule has 1 fully saturated rings. The topological polar surface area (TPSA) is 39.1 Å². The Hall–Kier alpha value is -2.18. The van der Waals surface area contributed by atoms with Crippen molar-refractivity contribution < 1.29 is 17.9 Å². The van der Waals surface area contributed by atoms with E-state index in [0.29, 0.717) is 5.92 Å². The van der Waals surface area contributed by atoms with E-state index in [1.54, 1.807) is 12.1 Å². The predicted octanol–water partition coefficient (Wildman–Crippen LogP) is 4.79. The Morgan fingerprint density at radius 1 is 1.08 bits per heavy atom. The lowest BCUT2D eigenvalue weighted by Crippen LogP contribution is -2.17. The maximum absolute atomic E-state index is 12.3. The molecular weight excluding hydrogens is 331 g/mol. The first-order valence-electron chi connectivity index (χ1n) is 8.73. The van der Waals surface area contributed by atoms with Crippen LogP contribution in [0.3, 0.4) is 0 Å². The summed E-state index contributed by atoms with van der Waals surface area (Å²) in [5, 5.41) is 8.28. The van der Waals surface area contributed by atoms with Gasteiger partial charge in [0.05, 0.1) is 11.4 Å².